The number of aliphatic hydroxyl groups excluding tert-OH is 2. The van der Waals surface area contributed by atoms with Crippen molar-refractivity contribution in [1.29, 1.82) is 0 Å². The van der Waals surface area contributed by atoms with Gasteiger partial charge in [0.2, 0.25) is 5.91 Å². The molecule has 558 valence electrons. The van der Waals surface area contributed by atoms with Gasteiger partial charge in [-0.05, 0) is 77.0 Å². The van der Waals surface area contributed by atoms with E-state index in [9.17, 15) is 19.8 Å². The third-order valence-electron chi connectivity index (χ3n) is 20.7. The second-order valence-corrected chi connectivity index (χ2v) is 30.2. The molecule has 0 aromatic carbocycles. The van der Waals surface area contributed by atoms with Crippen LogP contribution in [0.25, 0.3) is 0 Å². The summed E-state index contributed by atoms with van der Waals surface area (Å²) in [6.07, 6.45) is 109. The van der Waals surface area contributed by atoms with E-state index in [1.165, 1.54) is 430 Å². The zero-order valence-electron chi connectivity index (χ0n) is 64.2. The summed E-state index contributed by atoms with van der Waals surface area (Å²) in [5.74, 6) is -0.00574. The van der Waals surface area contributed by atoms with Gasteiger partial charge in [0.1, 0.15) is 0 Å². The Morgan fingerprint density at radius 2 is 0.500 bits per heavy atom. The van der Waals surface area contributed by atoms with Crippen molar-refractivity contribution in [3.05, 3.63) is 24.3 Å². The van der Waals surface area contributed by atoms with Crippen molar-refractivity contribution < 1.29 is 24.5 Å². The largest absolute Gasteiger partial charge is 0.466 e. The van der Waals surface area contributed by atoms with Gasteiger partial charge in [0.05, 0.1) is 25.4 Å². The highest BCUT2D eigenvalue weighted by molar-refractivity contribution is 5.76. The lowest BCUT2D eigenvalue weighted by atomic mass is 10.0. The van der Waals surface area contributed by atoms with Crippen LogP contribution in [0.1, 0.15) is 502 Å². The van der Waals surface area contributed by atoms with E-state index < -0.39 is 12.1 Å². The van der Waals surface area contributed by atoms with E-state index >= 15 is 0 Å². The van der Waals surface area contributed by atoms with Crippen molar-refractivity contribution in [1.82, 2.24) is 5.32 Å². The van der Waals surface area contributed by atoms with Gasteiger partial charge >= 0.3 is 5.97 Å². The monoisotopic (exact) mass is 1320 g/mol. The maximum absolute atomic E-state index is 12.6. The first-order valence-electron chi connectivity index (χ1n) is 43.6. The fourth-order valence-corrected chi connectivity index (χ4v) is 14.1. The summed E-state index contributed by atoms with van der Waals surface area (Å²) in [5, 5.41) is 23.5. The lowest BCUT2D eigenvalue weighted by Gasteiger charge is -2.22. The summed E-state index contributed by atoms with van der Waals surface area (Å²) in [4.78, 5) is 24.7. The molecule has 0 rings (SSSR count). The maximum Gasteiger partial charge on any atom is 0.305 e. The van der Waals surface area contributed by atoms with Crippen LogP contribution in [0, 0.1) is 0 Å². The molecular formula is C88H171NO5. The van der Waals surface area contributed by atoms with E-state index in [4.69, 9.17) is 4.74 Å². The summed E-state index contributed by atoms with van der Waals surface area (Å²) in [6, 6.07) is -0.541. The highest BCUT2D eigenvalue weighted by atomic mass is 16.5. The molecule has 1 amide bonds. The predicted molar refractivity (Wildman–Crippen MR) is 417 cm³/mol. The molecule has 0 spiro atoms. The zero-order valence-corrected chi connectivity index (χ0v) is 64.2. The molecule has 0 bridgehead atoms. The minimum Gasteiger partial charge on any atom is -0.466 e. The number of allylic oxidation sites excluding steroid dienone is 4. The third kappa shape index (κ3) is 79.3. The predicted octanol–water partition coefficient (Wildman–Crippen LogP) is 29.2. The molecule has 0 aromatic heterocycles. The average molecular weight is 1320 g/mol. The Labute approximate surface area is 590 Å². The number of rotatable bonds is 83. The van der Waals surface area contributed by atoms with Gasteiger partial charge in [-0.25, -0.2) is 0 Å². The van der Waals surface area contributed by atoms with Gasteiger partial charge < -0.3 is 20.3 Å². The van der Waals surface area contributed by atoms with Crippen molar-refractivity contribution in [3.63, 3.8) is 0 Å². The number of esters is 1. The number of ether oxygens (including phenoxy) is 1. The molecule has 2 unspecified atom stereocenters. The molecule has 3 N–H and O–H groups in total. The second-order valence-electron chi connectivity index (χ2n) is 30.2. The first-order chi connectivity index (χ1) is 46.5. The summed E-state index contributed by atoms with van der Waals surface area (Å²) in [5.41, 5.74) is 0. The molecule has 0 aliphatic carbocycles. The van der Waals surface area contributed by atoms with Crippen molar-refractivity contribution in [2.45, 2.75) is 514 Å². The van der Waals surface area contributed by atoms with Crippen LogP contribution in [0.5, 0.6) is 0 Å². The van der Waals surface area contributed by atoms with Gasteiger partial charge in [0, 0.05) is 12.8 Å². The van der Waals surface area contributed by atoms with Crippen LogP contribution < -0.4 is 5.32 Å². The van der Waals surface area contributed by atoms with E-state index in [1.54, 1.807) is 0 Å². The number of hydrogen-bond donors (Lipinski definition) is 3. The summed E-state index contributed by atoms with van der Waals surface area (Å²) < 4.78 is 5.52. The quantitative estimate of drug-likeness (QED) is 0.0320. The Balaban J connectivity index is 3.34. The standard InChI is InChI=1S/C88H171NO5/c1-3-5-7-9-11-13-15-17-19-21-23-24-25-35-38-41-45-48-52-56-60-64-68-72-76-80-86(91)85(84-90)89-87(92)81-77-73-69-65-61-57-53-49-46-42-39-36-33-31-29-27-26-28-30-32-34-37-40-43-47-51-55-59-63-67-71-75-79-83-94-88(93)82-78-74-70-66-62-58-54-50-44-22-20-18-16-14-12-10-8-6-4-2/h18,20,30,32,85-86,90-91H,3-17,19,21-29,31,33-84H2,1-2H3,(H,89,92)/b20-18-,32-30-. The average Bonchev–Trinajstić information content (AvgIpc) is 3.70. The molecule has 0 saturated heterocycles. The highest BCUT2D eigenvalue weighted by Crippen LogP contribution is 2.21. The molecule has 0 aromatic rings. The number of carbonyl (C=O) groups excluding carboxylic acids is 2. The Bertz CT molecular complexity index is 1480. The third-order valence-corrected chi connectivity index (χ3v) is 20.7. The van der Waals surface area contributed by atoms with Gasteiger partial charge in [-0.1, -0.05) is 436 Å². The van der Waals surface area contributed by atoms with Crippen molar-refractivity contribution in [2.24, 2.45) is 0 Å². The van der Waals surface area contributed by atoms with Crippen LogP contribution in [0.4, 0.5) is 0 Å². The van der Waals surface area contributed by atoms with E-state index in [1.807, 2.05) is 0 Å². The normalized spacial score (nSPS) is 12.5. The van der Waals surface area contributed by atoms with E-state index in [0.29, 0.717) is 25.9 Å². The molecule has 0 saturated carbocycles. The smallest absolute Gasteiger partial charge is 0.305 e. The minimum absolute atomic E-state index is 0.0197. The first kappa shape index (κ1) is 92.3. The van der Waals surface area contributed by atoms with E-state index in [-0.39, 0.29) is 18.5 Å². The highest BCUT2D eigenvalue weighted by Gasteiger charge is 2.20. The summed E-state index contributed by atoms with van der Waals surface area (Å²) >= 11 is 0. The van der Waals surface area contributed by atoms with Gasteiger partial charge in [0.15, 0.2) is 0 Å². The lowest BCUT2D eigenvalue weighted by molar-refractivity contribution is -0.143. The molecule has 6 heteroatoms. The number of aliphatic hydroxyl groups is 2. The molecule has 0 aliphatic rings. The van der Waals surface area contributed by atoms with Gasteiger partial charge in [0.25, 0.3) is 0 Å². The van der Waals surface area contributed by atoms with E-state index in [2.05, 4.69) is 43.5 Å². The van der Waals surface area contributed by atoms with E-state index in [0.717, 1.165) is 38.5 Å². The van der Waals surface area contributed by atoms with Crippen LogP contribution in [-0.4, -0.2) is 47.4 Å². The second kappa shape index (κ2) is 83.8. The fourth-order valence-electron chi connectivity index (χ4n) is 14.1. The topological polar surface area (TPSA) is 95.9 Å². The molecule has 6 nitrogen and oxygen atoms in total. The number of hydrogen-bond acceptors (Lipinski definition) is 5. The molecule has 0 fully saturated rings. The van der Waals surface area contributed by atoms with Gasteiger partial charge in [-0.3, -0.25) is 9.59 Å². The summed E-state index contributed by atoms with van der Waals surface area (Å²) in [7, 11) is 0. The molecule has 0 aliphatic heterocycles. The SMILES string of the molecule is CCCCCCCC/C=C\CCCCCCCCCCCC(=O)OCCCCCCCCCCCCCC/C=C\CCCCCCCCCCCCCCCCCCCC(=O)NC(CO)C(O)CCCCCCCCCCCCCCCCCCCCCCCCCCC. The maximum atomic E-state index is 12.6. The molecular weight excluding hydrogens is 1150 g/mol. The van der Waals surface area contributed by atoms with Crippen molar-refractivity contribution in [3.8, 4) is 0 Å². The number of amides is 1. The number of nitrogens with one attached hydrogen (secondary N) is 1. The van der Waals surface area contributed by atoms with Crippen LogP contribution in [0.3, 0.4) is 0 Å². The van der Waals surface area contributed by atoms with Crippen molar-refractivity contribution in [2.75, 3.05) is 13.2 Å². The van der Waals surface area contributed by atoms with Gasteiger partial charge in [-0.15, -0.1) is 0 Å². The number of unbranched alkanes of at least 4 members (excludes halogenated alkanes) is 68. The van der Waals surface area contributed by atoms with Crippen LogP contribution in [-0.2, 0) is 14.3 Å². The Kier molecular flexibility index (Phi) is 82.3. The van der Waals surface area contributed by atoms with Crippen LogP contribution in [0.2, 0.25) is 0 Å². The Morgan fingerprint density at radius 3 is 0.755 bits per heavy atom. The first-order valence-corrected chi connectivity index (χ1v) is 43.6. The molecule has 0 heterocycles. The molecule has 2 atom stereocenters. The van der Waals surface area contributed by atoms with Gasteiger partial charge in [-0.2, -0.15) is 0 Å². The van der Waals surface area contributed by atoms with Crippen LogP contribution >= 0.6 is 0 Å². The Hall–Kier alpha value is -1.66. The molecule has 0 radical (unpaired) electrons. The minimum atomic E-state index is -0.664. The molecule has 94 heavy (non-hydrogen) atoms. The lowest BCUT2D eigenvalue weighted by Crippen LogP contribution is -2.45. The van der Waals surface area contributed by atoms with Crippen molar-refractivity contribution >= 4 is 11.9 Å². The fraction of sp³-hybridized carbons (Fsp3) is 0.932. The van der Waals surface area contributed by atoms with Crippen LogP contribution in [0.15, 0.2) is 24.3 Å². The number of carbonyl (C=O) groups is 2. The Morgan fingerprint density at radius 1 is 0.287 bits per heavy atom. The summed E-state index contributed by atoms with van der Waals surface area (Å²) in [6.45, 7) is 5.01. The zero-order chi connectivity index (χ0) is 67.7.